The Balaban J connectivity index is 3.17. The predicted octanol–water partition coefficient (Wildman–Crippen LogP) is 0.511. The molecule has 0 saturated heterocycles. The van der Waals surface area contributed by atoms with Gasteiger partial charge in [-0.3, -0.25) is 9.59 Å². The average molecular weight is 323 g/mol. The lowest BCUT2D eigenvalue weighted by Gasteiger charge is -2.22. The summed E-state index contributed by atoms with van der Waals surface area (Å²) in [5.74, 6) is -0.510. The highest BCUT2D eigenvalue weighted by molar-refractivity contribution is 6.23. The summed E-state index contributed by atoms with van der Waals surface area (Å²) in [6.07, 6.45) is 0. The first-order chi connectivity index (χ1) is 9.62. The lowest BCUT2D eigenvalue weighted by Crippen LogP contribution is -2.38. The zero-order valence-corrected chi connectivity index (χ0v) is 12.7. The number of rotatable bonds is 8. The molecule has 1 rings (SSSR count). The quantitative estimate of drug-likeness (QED) is 0.501. The van der Waals surface area contributed by atoms with E-state index in [4.69, 9.17) is 32.7 Å². The van der Waals surface area contributed by atoms with Crippen molar-refractivity contribution < 1.29 is 19.1 Å². The fourth-order valence-corrected chi connectivity index (χ4v) is 1.90. The van der Waals surface area contributed by atoms with E-state index in [0.29, 0.717) is 13.1 Å². The summed E-state index contributed by atoms with van der Waals surface area (Å²) >= 11 is 11.1. The van der Waals surface area contributed by atoms with Gasteiger partial charge in [-0.2, -0.15) is 0 Å². The molecule has 1 aliphatic carbocycles. The topological polar surface area (TPSA) is 76.7 Å². The Kier molecular flexibility index (Phi) is 6.67. The molecule has 0 heterocycles. The maximum absolute atomic E-state index is 12.3. The third kappa shape index (κ3) is 3.37. The summed E-state index contributed by atoms with van der Waals surface area (Å²) in [5, 5.41) is 5.56. The third-order valence-electron chi connectivity index (χ3n) is 2.52. The first kappa shape index (κ1) is 16.7. The van der Waals surface area contributed by atoms with Crippen LogP contribution in [0.1, 0.15) is 0 Å². The zero-order valence-electron chi connectivity index (χ0n) is 11.2. The smallest absolute Gasteiger partial charge is 0.249 e. The van der Waals surface area contributed by atoms with Crippen LogP contribution in [0.2, 0.25) is 0 Å². The molecule has 0 aromatic heterocycles. The largest absolute Gasteiger partial charge is 0.491 e. The van der Waals surface area contributed by atoms with Gasteiger partial charge in [0, 0.05) is 24.8 Å². The number of ether oxygens (including phenoxy) is 2. The van der Waals surface area contributed by atoms with E-state index < -0.39 is 11.6 Å². The maximum Gasteiger partial charge on any atom is 0.249 e. The molecule has 8 heteroatoms. The van der Waals surface area contributed by atoms with Crippen molar-refractivity contribution in [2.45, 2.75) is 0 Å². The molecule has 6 nitrogen and oxygen atoms in total. The van der Waals surface area contributed by atoms with Crippen LogP contribution in [-0.4, -0.2) is 50.6 Å². The molecule has 1 aliphatic rings. The molecule has 0 atom stereocenters. The summed E-state index contributed by atoms with van der Waals surface area (Å²) < 4.78 is 10.1. The van der Waals surface area contributed by atoms with Crippen LogP contribution in [0, 0.1) is 0 Å². The SMILES string of the molecule is COC1=C(NCCCl)C(=O)C(OC)=C(NCCCl)C1=O. The van der Waals surface area contributed by atoms with Crippen LogP contribution in [0.25, 0.3) is 0 Å². The van der Waals surface area contributed by atoms with Crippen molar-refractivity contribution in [3.8, 4) is 0 Å². The van der Waals surface area contributed by atoms with E-state index in [-0.39, 0.29) is 34.7 Å². The number of carbonyl (C=O) groups excluding carboxylic acids is 2. The maximum atomic E-state index is 12.3. The van der Waals surface area contributed by atoms with E-state index in [9.17, 15) is 9.59 Å². The van der Waals surface area contributed by atoms with Crippen LogP contribution in [0.5, 0.6) is 0 Å². The van der Waals surface area contributed by atoms with E-state index in [1.54, 1.807) is 0 Å². The minimum atomic E-state index is -0.467. The van der Waals surface area contributed by atoms with Gasteiger partial charge in [-0.1, -0.05) is 0 Å². The molecule has 0 fully saturated rings. The molecule has 0 amide bonds. The summed E-state index contributed by atoms with van der Waals surface area (Å²) in [6, 6.07) is 0. The molecule has 0 bridgehead atoms. The van der Waals surface area contributed by atoms with Crippen LogP contribution < -0.4 is 10.6 Å². The highest BCUT2D eigenvalue weighted by atomic mass is 35.5. The van der Waals surface area contributed by atoms with Crippen molar-refractivity contribution in [3.63, 3.8) is 0 Å². The van der Waals surface area contributed by atoms with Gasteiger partial charge in [-0.15, -0.1) is 23.2 Å². The first-order valence-corrected chi connectivity index (χ1v) is 6.94. The summed E-state index contributed by atoms with van der Waals surface area (Å²) in [6.45, 7) is 0.647. The van der Waals surface area contributed by atoms with E-state index in [0.717, 1.165) is 0 Å². The fraction of sp³-hybridized carbons (Fsp3) is 0.500. The van der Waals surface area contributed by atoms with Gasteiger partial charge < -0.3 is 20.1 Å². The minimum absolute atomic E-state index is 0.0476. The molecular weight excluding hydrogens is 307 g/mol. The average Bonchev–Trinajstić information content (AvgIpc) is 2.45. The van der Waals surface area contributed by atoms with E-state index in [1.165, 1.54) is 14.2 Å². The number of nitrogens with one attached hydrogen (secondary N) is 2. The molecule has 0 spiro atoms. The normalized spacial score (nSPS) is 15.6. The number of carbonyl (C=O) groups is 2. The zero-order chi connectivity index (χ0) is 15.1. The number of hydrogen-bond donors (Lipinski definition) is 2. The molecule has 0 saturated carbocycles. The molecule has 0 aromatic rings. The van der Waals surface area contributed by atoms with Crippen LogP contribution in [0.15, 0.2) is 22.9 Å². The van der Waals surface area contributed by atoms with Crippen LogP contribution in [0.4, 0.5) is 0 Å². The fourth-order valence-electron chi connectivity index (χ4n) is 1.72. The van der Waals surface area contributed by atoms with Gasteiger partial charge in [0.05, 0.1) is 14.2 Å². The van der Waals surface area contributed by atoms with Crippen LogP contribution in [0.3, 0.4) is 0 Å². The summed E-state index contributed by atoms with van der Waals surface area (Å²) in [5.41, 5.74) is 0.0952. The van der Waals surface area contributed by atoms with Crippen molar-refractivity contribution in [1.82, 2.24) is 10.6 Å². The monoisotopic (exact) mass is 322 g/mol. The Labute approximate surface area is 127 Å². The van der Waals surface area contributed by atoms with E-state index >= 15 is 0 Å². The first-order valence-electron chi connectivity index (χ1n) is 5.87. The van der Waals surface area contributed by atoms with E-state index in [1.807, 2.05) is 0 Å². The molecule has 2 N–H and O–H groups in total. The van der Waals surface area contributed by atoms with E-state index in [2.05, 4.69) is 10.6 Å². The molecule has 112 valence electrons. The second-order valence-corrected chi connectivity index (χ2v) is 4.46. The van der Waals surface area contributed by atoms with Gasteiger partial charge in [0.2, 0.25) is 11.6 Å². The van der Waals surface area contributed by atoms with Gasteiger partial charge in [0.15, 0.2) is 11.5 Å². The predicted molar refractivity (Wildman–Crippen MR) is 75.5 cm³/mol. The number of alkyl halides is 2. The third-order valence-corrected chi connectivity index (χ3v) is 2.90. The molecule has 0 unspecified atom stereocenters. The highest BCUT2D eigenvalue weighted by Crippen LogP contribution is 2.23. The number of hydrogen-bond acceptors (Lipinski definition) is 6. The van der Waals surface area contributed by atoms with Gasteiger partial charge in [0.25, 0.3) is 0 Å². The lowest BCUT2D eigenvalue weighted by atomic mass is 10.0. The summed E-state index contributed by atoms with van der Waals surface area (Å²) in [7, 11) is 2.64. The van der Waals surface area contributed by atoms with Gasteiger partial charge >= 0.3 is 0 Å². The molecular formula is C12H16Cl2N2O4. The van der Waals surface area contributed by atoms with Crippen molar-refractivity contribution in [2.24, 2.45) is 0 Å². The van der Waals surface area contributed by atoms with Crippen molar-refractivity contribution in [3.05, 3.63) is 22.9 Å². The number of methoxy groups -OCH3 is 2. The Hall–Kier alpha value is -1.40. The minimum Gasteiger partial charge on any atom is -0.491 e. The molecule has 20 heavy (non-hydrogen) atoms. The Morgan fingerprint density at radius 3 is 1.45 bits per heavy atom. The molecule has 0 aromatic carbocycles. The summed E-state index contributed by atoms with van der Waals surface area (Å²) in [4.78, 5) is 24.6. The van der Waals surface area contributed by atoms with Gasteiger partial charge in [0.1, 0.15) is 11.4 Å². The van der Waals surface area contributed by atoms with Gasteiger partial charge in [-0.25, -0.2) is 0 Å². The van der Waals surface area contributed by atoms with Crippen LogP contribution in [-0.2, 0) is 19.1 Å². The van der Waals surface area contributed by atoms with Crippen molar-refractivity contribution >= 4 is 34.8 Å². The van der Waals surface area contributed by atoms with Crippen molar-refractivity contribution in [2.75, 3.05) is 39.1 Å². The Bertz CT molecular complexity index is 418. The lowest BCUT2D eigenvalue weighted by molar-refractivity contribution is -0.121. The molecule has 0 radical (unpaired) electrons. The van der Waals surface area contributed by atoms with Gasteiger partial charge in [-0.05, 0) is 0 Å². The molecule has 0 aliphatic heterocycles. The number of halogens is 2. The second kappa shape index (κ2) is 8.01. The number of ketones is 2. The van der Waals surface area contributed by atoms with Crippen LogP contribution >= 0.6 is 23.2 Å². The second-order valence-electron chi connectivity index (χ2n) is 3.71. The van der Waals surface area contributed by atoms with Crippen molar-refractivity contribution in [1.29, 1.82) is 0 Å². The number of Topliss-reactive ketones (excluding diaryl/α,β-unsaturated/α-hetero) is 2. The Morgan fingerprint density at radius 2 is 1.20 bits per heavy atom. The Morgan fingerprint density at radius 1 is 0.850 bits per heavy atom. The standard InChI is InChI=1S/C12H16Cl2N2O4/c1-19-11-7(15-5-3-13)10(18)12(20-2)8(9(11)17)16-6-4-14/h15-16H,3-6H2,1-2H3. The highest BCUT2D eigenvalue weighted by Gasteiger charge is 2.36.